The Kier molecular flexibility index (Phi) is 4.96. The molecule has 2 heterocycles. The highest BCUT2D eigenvalue weighted by Crippen LogP contribution is 2.35. The third-order valence-corrected chi connectivity index (χ3v) is 4.41. The van der Waals surface area contributed by atoms with Crippen molar-refractivity contribution in [1.82, 2.24) is 10.2 Å². The van der Waals surface area contributed by atoms with E-state index in [1.807, 2.05) is 32.9 Å². The summed E-state index contributed by atoms with van der Waals surface area (Å²) in [7, 11) is 0. The Morgan fingerprint density at radius 2 is 1.92 bits per heavy atom. The lowest BCUT2D eigenvalue weighted by Crippen LogP contribution is -2.45. The van der Waals surface area contributed by atoms with Crippen molar-refractivity contribution in [2.45, 2.75) is 26.8 Å². The second-order valence-electron chi connectivity index (χ2n) is 7.24. The molecule has 0 radical (unpaired) electrons. The predicted octanol–water partition coefficient (Wildman–Crippen LogP) is 1.95. The summed E-state index contributed by atoms with van der Waals surface area (Å²) in [5.74, 6) is 1.60. The number of ether oxygens (including phenoxy) is 3. The molecule has 6 heteroatoms. The maximum absolute atomic E-state index is 12.3. The molecule has 1 saturated heterocycles. The van der Waals surface area contributed by atoms with E-state index >= 15 is 0 Å². The number of amides is 1. The summed E-state index contributed by atoms with van der Waals surface area (Å²) in [5, 5.41) is 3.09. The van der Waals surface area contributed by atoms with Crippen LogP contribution in [0.2, 0.25) is 0 Å². The quantitative estimate of drug-likeness (QED) is 0.912. The summed E-state index contributed by atoms with van der Waals surface area (Å²) in [4.78, 5) is 14.6. The van der Waals surface area contributed by atoms with Crippen LogP contribution in [-0.2, 0) is 9.53 Å². The topological polar surface area (TPSA) is 60.0 Å². The number of nitrogens with zero attached hydrogens (tertiary/aromatic N) is 1. The number of morpholine rings is 1. The van der Waals surface area contributed by atoms with E-state index in [4.69, 9.17) is 14.2 Å². The SMILES string of the molecule is CC(C)(C)C(=O)NC[C@@H](c1ccc2c(c1)OCO2)N1CCOCC1. The Balaban J connectivity index is 1.78. The van der Waals surface area contributed by atoms with Crippen molar-refractivity contribution in [2.75, 3.05) is 39.6 Å². The number of carbonyl (C=O) groups is 1. The van der Waals surface area contributed by atoms with Gasteiger partial charge in [-0.15, -0.1) is 0 Å². The van der Waals surface area contributed by atoms with Gasteiger partial charge >= 0.3 is 0 Å². The summed E-state index contributed by atoms with van der Waals surface area (Å²) in [6.45, 7) is 9.74. The molecule has 0 aliphatic carbocycles. The maximum atomic E-state index is 12.3. The molecule has 2 aliphatic heterocycles. The van der Waals surface area contributed by atoms with E-state index in [1.165, 1.54) is 0 Å². The van der Waals surface area contributed by atoms with E-state index in [-0.39, 0.29) is 18.7 Å². The normalized spacial score (nSPS) is 19.1. The van der Waals surface area contributed by atoms with Crippen LogP contribution < -0.4 is 14.8 Å². The molecule has 1 amide bonds. The van der Waals surface area contributed by atoms with E-state index in [2.05, 4.69) is 16.3 Å². The molecule has 0 aromatic heterocycles. The first-order valence-corrected chi connectivity index (χ1v) is 8.45. The second kappa shape index (κ2) is 6.99. The van der Waals surface area contributed by atoms with Gasteiger partial charge < -0.3 is 19.5 Å². The van der Waals surface area contributed by atoms with Gasteiger partial charge in [0.15, 0.2) is 11.5 Å². The van der Waals surface area contributed by atoms with Gasteiger partial charge in [0.25, 0.3) is 0 Å². The zero-order valence-electron chi connectivity index (χ0n) is 14.6. The number of benzene rings is 1. The second-order valence-corrected chi connectivity index (χ2v) is 7.24. The fourth-order valence-corrected chi connectivity index (χ4v) is 2.92. The molecule has 6 nitrogen and oxygen atoms in total. The predicted molar refractivity (Wildman–Crippen MR) is 90.2 cm³/mol. The largest absolute Gasteiger partial charge is 0.454 e. The number of hydrogen-bond donors (Lipinski definition) is 1. The van der Waals surface area contributed by atoms with Crippen LogP contribution in [0.25, 0.3) is 0 Å². The molecule has 1 aromatic carbocycles. The number of carbonyl (C=O) groups excluding carboxylic acids is 1. The van der Waals surface area contributed by atoms with E-state index in [9.17, 15) is 4.79 Å². The van der Waals surface area contributed by atoms with Crippen molar-refractivity contribution in [1.29, 1.82) is 0 Å². The van der Waals surface area contributed by atoms with Gasteiger partial charge in [0.05, 0.1) is 19.3 Å². The Labute approximate surface area is 143 Å². The van der Waals surface area contributed by atoms with Crippen LogP contribution in [0.3, 0.4) is 0 Å². The molecule has 0 unspecified atom stereocenters. The van der Waals surface area contributed by atoms with Gasteiger partial charge in [0.1, 0.15) is 0 Å². The van der Waals surface area contributed by atoms with Gasteiger partial charge in [-0.3, -0.25) is 9.69 Å². The molecule has 0 bridgehead atoms. The molecular formula is C18H26N2O4. The summed E-state index contributed by atoms with van der Waals surface area (Å²) < 4.78 is 16.4. The number of fused-ring (bicyclic) bond motifs is 1. The number of rotatable bonds is 4. The van der Waals surface area contributed by atoms with Crippen molar-refractivity contribution in [3.63, 3.8) is 0 Å². The highest BCUT2D eigenvalue weighted by molar-refractivity contribution is 5.81. The first kappa shape index (κ1) is 17.0. The van der Waals surface area contributed by atoms with Crippen LogP contribution in [0.5, 0.6) is 11.5 Å². The van der Waals surface area contributed by atoms with Crippen molar-refractivity contribution in [3.8, 4) is 11.5 Å². The number of hydrogen-bond acceptors (Lipinski definition) is 5. The van der Waals surface area contributed by atoms with Crippen molar-refractivity contribution in [2.24, 2.45) is 5.41 Å². The minimum Gasteiger partial charge on any atom is -0.454 e. The van der Waals surface area contributed by atoms with Crippen LogP contribution in [0.4, 0.5) is 0 Å². The summed E-state index contributed by atoms with van der Waals surface area (Å²) in [6.07, 6.45) is 0. The zero-order chi connectivity index (χ0) is 17.2. The lowest BCUT2D eigenvalue weighted by molar-refractivity contribution is -0.128. The molecule has 0 spiro atoms. The Bertz CT molecular complexity index is 591. The van der Waals surface area contributed by atoms with Gasteiger partial charge in [-0.2, -0.15) is 0 Å². The minimum atomic E-state index is -0.398. The van der Waals surface area contributed by atoms with Crippen LogP contribution >= 0.6 is 0 Å². The Hall–Kier alpha value is -1.79. The van der Waals surface area contributed by atoms with Gasteiger partial charge in [-0.05, 0) is 17.7 Å². The van der Waals surface area contributed by atoms with Crippen LogP contribution in [-0.4, -0.2) is 50.4 Å². The molecule has 1 fully saturated rings. The Morgan fingerprint density at radius 3 is 2.62 bits per heavy atom. The smallest absolute Gasteiger partial charge is 0.231 e. The minimum absolute atomic E-state index is 0.0569. The first-order chi connectivity index (χ1) is 11.4. The van der Waals surface area contributed by atoms with Crippen LogP contribution in [0.15, 0.2) is 18.2 Å². The van der Waals surface area contributed by atoms with Crippen LogP contribution in [0.1, 0.15) is 32.4 Å². The van der Waals surface area contributed by atoms with Crippen molar-refractivity contribution < 1.29 is 19.0 Å². The van der Waals surface area contributed by atoms with Gasteiger partial charge in [0.2, 0.25) is 12.7 Å². The third kappa shape index (κ3) is 3.82. The lowest BCUT2D eigenvalue weighted by Gasteiger charge is -2.35. The molecular weight excluding hydrogens is 308 g/mol. The van der Waals surface area contributed by atoms with E-state index in [1.54, 1.807) is 0 Å². The van der Waals surface area contributed by atoms with E-state index < -0.39 is 5.41 Å². The molecule has 1 N–H and O–H groups in total. The fraction of sp³-hybridized carbons (Fsp3) is 0.611. The molecule has 2 aliphatic rings. The number of nitrogens with one attached hydrogen (secondary N) is 1. The van der Waals surface area contributed by atoms with Gasteiger partial charge in [0, 0.05) is 25.0 Å². The lowest BCUT2D eigenvalue weighted by atomic mass is 9.95. The van der Waals surface area contributed by atoms with Gasteiger partial charge in [-0.25, -0.2) is 0 Å². The van der Waals surface area contributed by atoms with Crippen molar-refractivity contribution >= 4 is 5.91 Å². The molecule has 3 rings (SSSR count). The monoisotopic (exact) mass is 334 g/mol. The molecule has 1 aromatic rings. The third-order valence-electron chi connectivity index (χ3n) is 4.41. The zero-order valence-corrected chi connectivity index (χ0v) is 14.6. The van der Waals surface area contributed by atoms with Crippen LogP contribution in [0, 0.1) is 5.41 Å². The maximum Gasteiger partial charge on any atom is 0.231 e. The Morgan fingerprint density at radius 1 is 1.21 bits per heavy atom. The molecule has 132 valence electrons. The van der Waals surface area contributed by atoms with Crippen molar-refractivity contribution in [3.05, 3.63) is 23.8 Å². The first-order valence-electron chi connectivity index (χ1n) is 8.45. The molecule has 0 saturated carbocycles. The average molecular weight is 334 g/mol. The summed E-state index contributed by atoms with van der Waals surface area (Å²) in [5.41, 5.74) is 0.722. The molecule has 24 heavy (non-hydrogen) atoms. The summed E-state index contributed by atoms with van der Waals surface area (Å²) in [6, 6.07) is 6.11. The standard InChI is InChI=1S/C18H26N2O4/c1-18(2,3)17(21)19-11-14(20-6-8-22-9-7-20)13-4-5-15-16(10-13)24-12-23-15/h4-5,10,14H,6-9,11-12H2,1-3H3,(H,19,21)/t14-/m0/s1. The average Bonchev–Trinajstić information content (AvgIpc) is 3.02. The van der Waals surface area contributed by atoms with E-state index in [0.717, 1.165) is 30.2 Å². The summed E-state index contributed by atoms with van der Waals surface area (Å²) >= 11 is 0. The highest BCUT2D eigenvalue weighted by atomic mass is 16.7. The van der Waals surface area contributed by atoms with E-state index in [0.29, 0.717) is 19.8 Å². The molecule has 1 atom stereocenters. The highest BCUT2D eigenvalue weighted by Gasteiger charge is 2.27. The fourth-order valence-electron chi connectivity index (χ4n) is 2.92. The van der Waals surface area contributed by atoms with Gasteiger partial charge in [-0.1, -0.05) is 26.8 Å².